The Kier molecular flexibility index (Phi) is 3.80. The summed E-state index contributed by atoms with van der Waals surface area (Å²) in [7, 11) is 0. The first kappa shape index (κ1) is 12.9. The van der Waals surface area contributed by atoms with E-state index in [0.29, 0.717) is 18.3 Å². The van der Waals surface area contributed by atoms with E-state index in [9.17, 15) is 0 Å². The number of benzene rings is 2. The van der Waals surface area contributed by atoms with Crippen LogP contribution >= 0.6 is 11.3 Å². The van der Waals surface area contributed by atoms with E-state index in [0.717, 1.165) is 21.7 Å². The van der Waals surface area contributed by atoms with Crippen LogP contribution in [0.15, 0.2) is 48.5 Å². The number of ether oxygens (including phenoxy) is 2. The number of fused-ring (bicyclic) bond motifs is 1. The molecule has 0 saturated carbocycles. The van der Waals surface area contributed by atoms with Crippen molar-refractivity contribution in [2.45, 2.75) is 0 Å². The molecule has 0 aliphatic carbocycles. The topological polar surface area (TPSA) is 57.4 Å². The standard InChI is InChI=1S/C15H14N2O2S/c16-9-10-18-11-5-7-12(8-6-11)19-15-17-13-3-1-2-4-14(13)20-15/h1-8H,9-10,16H2. The quantitative estimate of drug-likeness (QED) is 0.780. The van der Waals surface area contributed by atoms with Gasteiger partial charge in [0.05, 0.1) is 10.2 Å². The molecule has 5 heteroatoms. The van der Waals surface area contributed by atoms with Gasteiger partial charge in [0.2, 0.25) is 0 Å². The summed E-state index contributed by atoms with van der Waals surface area (Å²) in [6, 6.07) is 15.4. The van der Waals surface area contributed by atoms with Crippen molar-refractivity contribution in [3.8, 4) is 16.7 Å². The van der Waals surface area contributed by atoms with Gasteiger partial charge in [0, 0.05) is 6.54 Å². The summed E-state index contributed by atoms with van der Waals surface area (Å²) in [4.78, 5) is 4.43. The van der Waals surface area contributed by atoms with Crippen molar-refractivity contribution in [1.82, 2.24) is 4.98 Å². The molecule has 102 valence electrons. The van der Waals surface area contributed by atoms with Crippen molar-refractivity contribution >= 4 is 21.6 Å². The van der Waals surface area contributed by atoms with Gasteiger partial charge in [-0.05, 0) is 36.4 Å². The third-order valence-electron chi connectivity index (χ3n) is 2.69. The summed E-state index contributed by atoms with van der Waals surface area (Å²) >= 11 is 1.53. The van der Waals surface area contributed by atoms with Crippen LogP contribution in [-0.2, 0) is 0 Å². The molecule has 1 heterocycles. The van der Waals surface area contributed by atoms with E-state index in [2.05, 4.69) is 4.98 Å². The van der Waals surface area contributed by atoms with Crippen LogP contribution in [0.1, 0.15) is 0 Å². The molecule has 3 rings (SSSR count). The molecule has 20 heavy (non-hydrogen) atoms. The Balaban J connectivity index is 1.73. The van der Waals surface area contributed by atoms with E-state index < -0.39 is 0 Å². The first-order valence-corrected chi connectivity index (χ1v) is 7.13. The molecule has 0 unspecified atom stereocenters. The highest BCUT2D eigenvalue weighted by Crippen LogP contribution is 2.31. The maximum atomic E-state index is 5.75. The number of hydrogen-bond acceptors (Lipinski definition) is 5. The second-order valence-electron chi connectivity index (χ2n) is 4.16. The Morgan fingerprint density at radius 2 is 1.75 bits per heavy atom. The molecular weight excluding hydrogens is 272 g/mol. The lowest BCUT2D eigenvalue weighted by molar-refractivity contribution is 0.328. The molecule has 0 aliphatic rings. The third-order valence-corrected chi connectivity index (χ3v) is 3.60. The molecule has 0 amide bonds. The molecule has 0 radical (unpaired) electrons. The third kappa shape index (κ3) is 2.89. The highest BCUT2D eigenvalue weighted by atomic mass is 32.1. The predicted molar refractivity (Wildman–Crippen MR) is 80.7 cm³/mol. The van der Waals surface area contributed by atoms with Crippen LogP contribution in [0, 0.1) is 0 Å². The number of nitrogens with two attached hydrogens (primary N) is 1. The molecule has 0 atom stereocenters. The smallest absolute Gasteiger partial charge is 0.279 e. The van der Waals surface area contributed by atoms with E-state index in [-0.39, 0.29) is 0 Å². The SMILES string of the molecule is NCCOc1ccc(Oc2nc3ccccc3s2)cc1. The average molecular weight is 286 g/mol. The Morgan fingerprint density at radius 1 is 1.00 bits per heavy atom. The van der Waals surface area contributed by atoms with Gasteiger partial charge in [-0.3, -0.25) is 0 Å². The fourth-order valence-electron chi connectivity index (χ4n) is 1.78. The van der Waals surface area contributed by atoms with Crippen LogP contribution in [0.3, 0.4) is 0 Å². The molecule has 0 bridgehead atoms. The van der Waals surface area contributed by atoms with Gasteiger partial charge in [0.25, 0.3) is 5.19 Å². The second kappa shape index (κ2) is 5.90. The summed E-state index contributed by atoms with van der Waals surface area (Å²) in [5, 5.41) is 0.641. The van der Waals surface area contributed by atoms with Gasteiger partial charge in [-0.2, -0.15) is 0 Å². The van der Waals surface area contributed by atoms with Gasteiger partial charge in [-0.25, -0.2) is 4.98 Å². The predicted octanol–water partition coefficient (Wildman–Crippen LogP) is 3.43. The van der Waals surface area contributed by atoms with Gasteiger partial charge in [0.15, 0.2) is 0 Å². The molecule has 0 aliphatic heterocycles. The van der Waals surface area contributed by atoms with Gasteiger partial charge >= 0.3 is 0 Å². The molecular formula is C15H14N2O2S. The maximum Gasteiger partial charge on any atom is 0.279 e. The lowest BCUT2D eigenvalue weighted by Gasteiger charge is -2.05. The van der Waals surface area contributed by atoms with Gasteiger partial charge in [0.1, 0.15) is 18.1 Å². The zero-order valence-corrected chi connectivity index (χ0v) is 11.6. The van der Waals surface area contributed by atoms with Crippen LogP contribution in [0.25, 0.3) is 10.2 Å². The summed E-state index contributed by atoms with van der Waals surface area (Å²) in [5.74, 6) is 1.52. The highest BCUT2D eigenvalue weighted by molar-refractivity contribution is 7.20. The molecule has 0 saturated heterocycles. The van der Waals surface area contributed by atoms with Crippen molar-refractivity contribution in [1.29, 1.82) is 0 Å². The molecule has 4 nitrogen and oxygen atoms in total. The van der Waals surface area contributed by atoms with Crippen molar-refractivity contribution < 1.29 is 9.47 Å². The fraction of sp³-hybridized carbons (Fsp3) is 0.133. The fourth-order valence-corrected chi connectivity index (χ4v) is 2.61. The molecule has 2 aromatic carbocycles. The number of para-hydroxylation sites is 1. The van der Waals surface area contributed by atoms with Crippen molar-refractivity contribution in [2.24, 2.45) is 5.73 Å². The maximum absolute atomic E-state index is 5.75. The molecule has 2 N–H and O–H groups in total. The number of aromatic nitrogens is 1. The number of rotatable bonds is 5. The van der Waals surface area contributed by atoms with E-state index in [1.54, 1.807) is 0 Å². The van der Waals surface area contributed by atoms with Crippen molar-refractivity contribution in [3.63, 3.8) is 0 Å². The lowest BCUT2D eigenvalue weighted by atomic mass is 10.3. The minimum atomic E-state index is 0.504. The minimum Gasteiger partial charge on any atom is -0.492 e. The first-order valence-electron chi connectivity index (χ1n) is 6.31. The second-order valence-corrected chi connectivity index (χ2v) is 5.15. The lowest BCUT2D eigenvalue weighted by Crippen LogP contribution is -2.10. The Bertz CT molecular complexity index is 661. The Hall–Kier alpha value is -2.11. The van der Waals surface area contributed by atoms with E-state index >= 15 is 0 Å². The molecule has 0 spiro atoms. The summed E-state index contributed by atoms with van der Waals surface area (Å²) in [5.41, 5.74) is 6.34. The largest absolute Gasteiger partial charge is 0.492 e. The average Bonchev–Trinajstić information content (AvgIpc) is 2.89. The van der Waals surface area contributed by atoms with Gasteiger partial charge in [-0.15, -0.1) is 0 Å². The zero-order chi connectivity index (χ0) is 13.8. The number of hydrogen-bond donors (Lipinski definition) is 1. The summed E-state index contributed by atoms with van der Waals surface area (Å²) in [6.07, 6.45) is 0. The first-order chi connectivity index (χ1) is 9.85. The molecule has 0 fully saturated rings. The van der Waals surface area contributed by atoms with Crippen LogP contribution in [0.4, 0.5) is 0 Å². The van der Waals surface area contributed by atoms with Crippen LogP contribution in [-0.4, -0.2) is 18.1 Å². The highest BCUT2D eigenvalue weighted by Gasteiger charge is 2.05. The molecule has 1 aromatic heterocycles. The summed E-state index contributed by atoms with van der Waals surface area (Å²) in [6.45, 7) is 1.02. The van der Waals surface area contributed by atoms with E-state index in [1.807, 2.05) is 48.5 Å². The Labute approximate surface area is 120 Å². The van der Waals surface area contributed by atoms with Crippen molar-refractivity contribution in [3.05, 3.63) is 48.5 Å². The van der Waals surface area contributed by atoms with E-state index in [4.69, 9.17) is 15.2 Å². The molecule has 3 aromatic rings. The minimum absolute atomic E-state index is 0.504. The monoisotopic (exact) mass is 286 g/mol. The van der Waals surface area contributed by atoms with E-state index in [1.165, 1.54) is 11.3 Å². The zero-order valence-electron chi connectivity index (χ0n) is 10.8. The van der Waals surface area contributed by atoms with Gasteiger partial charge < -0.3 is 15.2 Å². The number of nitrogens with zero attached hydrogens (tertiary/aromatic N) is 1. The summed E-state index contributed by atoms with van der Waals surface area (Å²) < 4.78 is 12.3. The van der Waals surface area contributed by atoms with Crippen LogP contribution in [0.5, 0.6) is 16.7 Å². The van der Waals surface area contributed by atoms with Crippen LogP contribution < -0.4 is 15.2 Å². The van der Waals surface area contributed by atoms with Crippen LogP contribution in [0.2, 0.25) is 0 Å². The number of thiazole rings is 1. The Morgan fingerprint density at radius 3 is 2.50 bits per heavy atom. The van der Waals surface area contributed by atoms with Crippen molar-refractivity contribution in [2.75, 3.05) is 13.2 Å². The van der Waals surface area contributed by atoms with Gasteiger partial charge in [-0.1, -0.05) is 23.5 Å². The normalized spacial score (nSPS) is 10.7.